The minimum absolute atomic E-state index is 0.859. The van der Waals surface area contributed by atoms with Crippen LogP contribution in [0.1, 0.15) is 0 Å². The Morgan fingerprint density at radius 1 is 1.20 bits per heavy atom. The Morgan fingerprint density at radius 2 is 1.80 bits per heavy atom. The van der Waals surface area contributed by atoms with Crippen LogP contribution in [0.3, 0.4) is 0 Å². The molecular weight excluding hydrogens is 253 g/mol. The van der Waals surface area contributed by atoms with E-state index in [1.807, 2.05) is 61.3 Å². The predicted molar refractivity (Wildman–Crippen MR) is 67.8 cm³/mol. The van der Waals surface area contributed by atoms with E-state index >= 15 is 0 Å². The van der Waals surface area contributed by atoms with E-state index in [2.05, 4.69) is 20.6 Å². The number of nitrogens with zero attached hydrogens (tertiary/aromatic N) is 3. The maximum absolute atomic E-state index is 4.29. The van der Waals surface area contributed by atoms with Gasteiger partial charge in [0.1, 0.15) is 0 Å². The Balaban J connectivity index is 2.64. The second kappa shape index (κ2) is 5.69. The molecule has 0 fully saturated rings. The van der Waals surface area contributed by atoms with Gasteiger partial charge in [0.15, 0.2) is 0 Å². The fraction of sp³-hybridized carbons (Fsp3) is 0.273. The van der Waals surface area contributed by atoms with Gasteiger partial charge in [-0.1, -0.05) is 0 Å². The van der Waals surface area contributed by atoms with Crippen molar-refractivity contribution in [3.63, 3.8) is 0 Å². The maximum atomic E-state index is 4.29. The van der Waals surface area contributed by atoms with Crippen molar-refractivity contribution in [2.24, 2.45) is 4.99 Å². The Bertz CT molecular complexity index is 346. The van der Waals surface area contributed by atoms with Gasteiger partial charge >= 0.3 is 98.5 Å². The van der Waals surface area contributed by atoms with Gasteiger partial charge in [-0.2, -0.15) is 0 Å². The van der Waals surface area contributed by atoms with Gasteiger partial charge in [-0.05, 0) is 0 Å². The van der Waals surface area contributed by atoms with E-state index < -0.39 is 0 Å². The summed E-state index contributed by atoms with van der Waals surface area (Å²) >= 11 is 2.90. The molecule has 0 heterocycles. The third-order valence-corrected chi connectivity index (χ3v) is 2.87. The molecule has 0 saturated heterocycles. The van der Waals surface area contributed by atoms with Gasteiger partial charge in [0.2, 0.25) is 0 Å². The van der Waals surface area contributed by atoms with Gasteiger partial charge in [-0.3, -0.25) is 0 Å². The van der Waals surface area contributed by atoms with E-state index in [4.69, 9.17) is 0 Å². The normalized spacial score (nSPS) is 10.3. The van der Waals surface area contributed by atoms with Crippen LogP contribution in [0, 0.1) is 0 Å². The summed E-state index contributed by atoms with van der Waals surface area (Å²) in [6, 6.07) is 10.1. The van der Waals surface area contributed by atoms with Crippen LogP contribution in [0.5, 0.6) is 0 Å². The molecule has 1 aromatic carbocycles. The Labute approximate surface area is 98.8 Å². The molecule has 1 aromatic rings. The summed E-state index contributed by atoms with van der Waals surface area (Å²) in [5.41, 5.74) is 1.12. The number of aliphatic imine (C=N–C) groups is 1. The fourth-order valence-electron chi connectivity index (χ4n) is 0.981. The predicted octanol–water partition coefficient (Wildman–Crippen LogP) is 0.969. The van der Waals surface area contributed by atoms with Crippen LogP contribution in [-0.2, 0) is 0 Å². The van der Waals surface area contributed by atoms with Gasteiger partial charge in [0, 0.05) is 0 Å². The topological polar surface area (TPSA) is 18.8 Å². The minimum atomic E-state index is 0.859. The van der Waals surface area contributed by atoms with Crippen molar-refractivity contribution < 1.29 is 0 Å². The molecule has 0 bridgehead atoms. The average molecular weight is 268 g/mol. The molecule has 0 aromatic heterocycles. The third-order valence-electron chi connectivity index (χ3n) is 1.89. The molecule has 0 unspecified atom stereocenters. The van der Waals surface area contributed by atoms with E-state index in [1.54, 1.807) is 6.34 Å². The number of anilines is 1. The molecule has 0 spiro atoms. The van der Waals surface area contributed by atoms with E-state index in [1.165, 1.54) is 0 Å². The summed E-state index contributed by atoms with van der Waals surface area (Å²) in [6.07, 6.45) is 1.79. The van der Waals surface area contributed by atoms with Crippen LogP contribution < -0.4 is 4.90 Å². The van der Waals surface area contributed by atoms with E-state index in [-0.39, 0.29) is 0 Å². The molecule has 1 rings (SSSR count). The quantitative estimate of drug-likeness (QED) is 0.460. The molecule has 80 valence electrons. The summed E-state index contributed by atoms with van der Waals surface area (Å²) in [6.45, 7) is 0. The molecule has 0 amide bonds. The van der Waals surface area contributed by atoms with Crippen molar-refractivity contribution in [1.82, 2.24) is 4.90 Å². The zero-order valence-corrected chi connectivity index (χ0v) is 10.9. The first kappa shape index (κ1) is 12.0. The van der Waals surface area contributed by atoms with E-state index in [9.17, 15) is 0 Å². The van der Waals surface area contributed by atoms with Crippen LogP contribution in [0.4, 0.5) is 5.69 Å². The number of benzene rings is 1. The first-order chi connectivity index (χ1) is 7.11. The summed E-state index contributed by atoms with van der Waals surface area (Å²) < 4.78 is 0.859. The van der Waals surface area contributed by atoms with Crippen LogP contribution in [0.15, 0.2) is 35.3 Å². The van der Waals surface area contributed by atoms with Crippen molar-refractivity contribution in [2.75, 3.05) is 26.0 Å². The zero-order chi connectivity index (χ0) is 11.3. The van der Waals surface area contributed by atoms with Gasteiger partial charge < -0.3 is 0 Å². The number of hydrogen-bond acceptors (Lipinski definition) is 2. The zero-order valence-electron chi connectivity index (χ0n) is 9.21. The summed E-state index contributed by atoms with van der Waals surface area (Å²) in [5.74, 6) is 0. The van der Waals surface area contributed by atoms with E-state index in [0.717, 1.165) is 10.4 Å². The fourth-order valence-corrected chi connectivity index (χ4v) is 1.08. The van der Waals surface area contributed by atoms with Crippen LogP contribution in [-0.4, -0.2) is 52.6 Å². The first-order valence-electron chi connectivity index (χ1n) is 4.64. The molecule has 0 N–H and O–H groups in total. The van der Waals surface area contributed by atoms with Crippen LogP contribution in [0.2, 0.25) is 0 Å². The van der Waals surface area contributed by atoms with E-state index in [0.29, 0.717) is 0 Å². The SMILES string of the molecule is CN(C)C(=[Se])/N=C/N(C)c1ccccc1. The van der Waals surface area contributed by atoms with Crippen molar-refractivity contribution in [3.8, 4) is 0 Å². The van der Waals surface area contributed by atoms with Crippen molar-refractivity contribution in [3.05, 3.63) is 30.3 Å². The molecule has 0 aliphatic carbocycles. The molecule has 0 atom stereocenters. The van der Waals surface area contributed by atoms with Crippen molar-refractivity contribution in [1.29, 1.82) is 0 Å². The van der Waals surface area contributed by atoms with Crippen molar-refractivity contribution >= 4 is 32.3 Å². The molecular formula is C11H15N3Se. The standard InChI is InChI=1S/C11H15N3Se/c1-13(2)11(15)12-9-14(3)10-7-5-4-6-8-10/h4-9H,1-3H3/b12-9+. The Morgan fingerprint density at radius 3 is 2.33 bits per heavy atom. The monoisotopic (exact) mass is 269 g/mol. The van der Waals surface area contributed by atoms with Crippen molar-refractivity contribution in [2.45, 2.75) is 0 Å². The molecule has 0 aliphatic rings. The second-order valence-corrected chi connectivity index (χ2v) is 4.13. The van der Waals surface area contributed by atoms with Gasteiger partial charge in [-0.15, -0.1) is 0 Å². The second-order valence-electron chi connectivity index (χ2n) is 3.37. The summed E-state index contributed by atoms with van der Waals surface area (Å²) in [7, 11) is 5.87. The van der Waals surface area contributed by atoms with Crippen LogP contribution >= 0.6 is 0 Å². The van der Waals surface area contributed by atoms with Gasteiger partial charge in [-0.25, -0.2) is 0 Å². The number of rotatable bonds is 4. The molecule has 0 radical (unpaired) electrons. The summed E-state index contributed by atoms with van der Waals surface area (Å²) in [5, 5.41) is 0. The van der Waals surface area contributed by atoms with Gasteiger partial charge in [0.25, 0.3) is 0 Å². The first-order valence-corrected chi connectivity index (χ1v) is 5.50. The molecule has 3 nitrogen and oxygen atoms in total. The molecule has 15 heavy (non-hydrogen) atoms. The Kier molecular flexibility index (Phi) is 4.53. The number of para-hydroxylation sites is 1. The van der Waals surface area contributed by atoms with Crippen LogP contribution in [0.25, 0.3) is 0 Å². The molecule has 0 saturated carbocycles. The number of hydrogen-bond donors (Lipinski definition) is 0. The third kappa shape index (κ3) is 3.86. The molecule has 0 aliphatic heterocycles. The molecule has 4 heteroatoms. The summed E-state index contributed by atoms with van der Waals surface area (Å²) in [4.78, 5) is 8.19. The Hall–Kier alpha value is -1.12. The average Bonchev–Trinajstić information content (AvgIpc) is 2.26. The van der Waals surface area contributed by atoms with Gasteiger partial charge in [0.05, 0.1) is 0 Å².